The molecule has 1 amide bonds. The van der Waals surface area contributed by atoms with Gasteiger partial charge >= 0.3 is 0 Å². The molecule has 0 aromatic rings. The first kappa shape index (κ1) is 12.2. The zero-order chi connectivity index (χ0) is 12.4. The fourth-order valence-corrected chi connectivity index (χ4v) is 3.74. The molecular weight excluding hydrogens is 226 g/mol. The summed E-state index contributed by atoms with van der Waals surface area (Å²) in [6.07, 6.45) is 10.8. The summed E-state index contributed by atoms with van der Waals surface area (Å²) in [6, 6.07) is 0. The van der Waals surface area contributed by atoms with Crippen LogP contribution in [-0.2, 0) is 9.53 Å². The average Bonchev–Trinajstić information content (AvgIpc) is 2.83. The second-order valence-electron chi connectivity index (χ2n) is 6.09. The number of amides is 1. The molecule has 3 nitrogen and oxygen atoms in total. The molecule has 1 aliphatic carbocycles. The van der Waals surface area contributed by atoms with Crippen molar-refractivity contribution in [1.29, 1.82) is 0 Å². The van der Waals surface area contributed by atoms with Crippen LogP contribution in [-0.4, -0.2) is 37.1 Å². The van der Waals surface area contributed by atoms with Crippen molar-refractivity contribution in [2.75, 3.05) is 26.3 Å². The van der Waals surface area contributed by atoms with Gasteiger partial charge in [-0.3, -0.25) is 4.79 Å². The van der Waals surface area contributed by atoms with Crippen molar-refractivity contribution in [3.05, 3.63) is 11.6 Å². The lowest BCUT2D eigenvalue weighted by Gasteiger charge is -2.33. The summed E-state index contributed by atoms with van der Waals surface area (Å²) in [5.41, 5.74) is 1.45. The van der Waals surface area contributed by atoms with E-state index in [1.807, 2.05) is 6.08 Å². The summed E-state index contributed by atoms with van der Waals surface area (Å²) in [5.74, 6) is 0.278. The second-order valence-corrected chi connectivity index (χ2v) is 6.09. The Morgan fingerprint density at radius 3 is 2.78 bits per heavy atom. The van der Waals surface area contributed by atoms with E-state index in [1.54, 1.807) is 0 Å². The molecule has 18 heavy (non-hydrogen) atoms. The van der Waals surface area contributed by atoms with Crippen molar-refractivity contribution in [1.82, 2.24) is 4.90 Å². The summed E-state index contributed by atoms with van der Waals surface area (Å²) < 4.78 is 5.28. The van der Waals surface area contributed by atoms with E-state index in [9.17, 15) is 4.79 Å². The summed E-state index contributed by atoms with van der Waals surface area (Å²) in [7, 11) is 0. The van der Waals surface area contributed by atoms with Crippen LogP contribution >= 0.6 is 0 Å². The average molecular weight is 249 g/mol. The predicted octanol–water partition coefficient (Wildman–Crippen LogP) is 2.52. The summed E-state index contributed by atoms with van der Waals surface area (Å²) in [6.45, 7) is 3.29. The maximum atomic E-state index is 12.4. The molecule has 3 aliphatic rings. The van der Waals surface area contributed by atoms with E-state index < -0.39 is 0 Å². The van der Waals surface area contributed by atoms with Gasteiger partial charge in [0.15, 0.2) is 0 Å². The Kier molecular flexibility index (Phi) is 3.42. The second kappa shape index (κ2) is 5.04. The third-order valence-corrected chi connectivity index (χ3v) is 4.88. The molecule has 0 bridgehead atoms. The molecule has 100 valence electrons. The lowest BCUT2D eigenvalue weighted by molar-refractivity contribution is -0.127. The smallest absolute Gasteiger partial charge is 0.249 e. The molecular formula is C15H23NO2. The lowest BCUT2D eigenvalue weighted by atomic mass is 9.73. The normalized spacial score (nSPS) is 27.3. The van der Waals surface area contributed by atoms with Crippen LogP contribution in [0.5, 0.6) is 0 Å². The van der Waals surface area contributed by atoms with Gasteiger partial charge in [0.2, 0.25) is 5.91 Å². The summed E-state index contributed by atoms with van der Waals surface area (Å²) in [4.78, 5) is 14.5. The van der Waals surface area contributed by atoms with Crippen molar-refractivity contribution < 1.29 is 9.53 Å². The Morgan fingerprint density at radius 2 is 2.06 bits per heavy atom. The number of rotatable bonds is 1. The number of hydrogen-bond acceptors (Lipinski definition) is 2. The minimum Gasteiger partial charge on any atom is -0.377 e. The Hall–Kier alpha value is -0.830. The van der Waals surface area contributed by atoms with Gasteiger partial charge in [-0.1, -0.05) is 25.3 Å². The zero-order valence-electron chi connectivity index (χ0n) is 11.1. The van der Waals surface area contributed by atoms with Gasteiger partial charge in [0.25, 0.3) is 0 Å². The number of hydrogen-bond donors (Lipinski definition) is 0. The fraction of sp³-hybridized carbons (Fsp3) is 0.800. The first-order valence-electron chi connectivity index (χ1n) is 7.35. The SMILES string of the molecule is O=C(C1=CCOCC1)N1CCC2(CCCCC2)C1. The fourth-order valence-electron chi connectivity index (χ4n) is 3.74. The van der Waals surface area contributed by atoms with Crippen LogP contribution in [0.15, 0.2) is 11.6 Å². The van der Waals surface area contributed by atoms with E-state index in [2.05, 4.69) is 4.90 Å². The van der Waals surface area contributed by atoms with Crippen molar-refractivity contribution in [3.8, 4) is 0 Å². The van der Waals surface area contributed by atoms with Gasteiger partial charge in [0.05, 0.1) is 13.2 Å². The van der Waals surface area contributed by atoms with E-state index in [4.69, 9.17) is 4.74 Å². The van der Waals surface area contributed by atoms with Crippen LogP contribution in [0.2, 0.25) is 0 Å². The van der Waals surface area contributed by atoms with Gasteiger partial charge < -0.3 is 9.64 Å². The number of nitrogens with zero attached hydrogens (tertiary/aromatic N) is 1. The van der Waals surface area contributed by atoms with Crippen molar-refractivity contribution in [2.45, 2.75) is 44.9 Å². The molecule has 0 radical (unpaired) electrons. The van der Waals surface area contributed by atoms with Gasteiger partial charge in [-0.25, -0.2) is 0 Å². The van der Waals surface area contributed by atoms with Crippen LogP contribution in [0.1, 0.15) is 44.9 Å². The highest BCUT2D eigenvalue weighted by Crippen LogP contribution is 2.43. The number of carbonyl (C=O) groups excluding carboxylic acids is 1. The van der Waals surface area contributed by atoms with Crippen molar-refractivity contribution in [3.63, 3.8) is 0 Å². The highest BCUT2D eigenvalue weighted by Gasteiger charge is 2.40. The topological polar surface area (TPSA) is 29.5 Å². The maximum Gasteiger partial charge on any atom is 0.249 e. The van der Waals surface area contributed by atoms with Gasteiger partial charge in [-0.15, -0.1) is 0 Å². The molecule has 3 rings (SSSR count). The number of ether oxygens (including phenoxy) is 1. The minimum atomic E-state index is 0.278. The van der Waals surface area contributed by atoms with Gasteiger partial charge in [0, 0.05) is 25.1 Å². The highest BCUT2D eigenvalue weighted by atomic mass is 16.5. The van der Waals surface area contributed by atoms with E-state index in [1.165, 1.54) is 38.5 Å². The van der Waals surface area contributed by atoms with Crippen LogP contribution in [0.4, 0.5) is 0 Å². The first-order chi connectivity index (χ1) is 8.79. The third kappa shape index (κ3) is 2.33. The van der Waals surface area contributed by atoms with Crippen LogP contribution in [0, 0.1) is 5.41 Å². The Bertz CT molecular complexity index is 356. The number of carbonyl (C=O) groups is 1. The quantitative estimate of drug-likeness (QED) is 0.714. The van der Waals surface area contributed by atoms with Crippen LogP contribution in [0.3, 0.4) is 0 Å². The van der Waals surface area contributed by atoms with Crippen LogP contribution < -0.4 is 0 Å². The molecule has 0 aromatic carbocycles. The predicted molar refractivity (Wildman–Crippen MR) is 70.2 cm³/mol. The van der Waals surface area contributed by atoms with E-state index >= 15 is 0 Å². The zero-order valence-corrected chi connectivity index (χ0v) is 11.1. The van der Waals surface area contributed by atoms with Gasteiger partial charge in [-0.2, -0.15) is 0 Å². The molecule has 2 heterocycles. The summed E-state index contributed by atoms with van der Waals surface area (Å²) in [5, 5.41) is 0. The molecule has 0 N–H and O–H groups in total. The highest BCUT2D eigenvalue weighted by molar-refractivity contribution is 5.93. The molecule has 2 fully saturated rings. The molecule has 1 spiro atoms. The first-order valence-corrected chi connectivity index (χ1v) is 7.35. The number of likely N-dealkylation sites (tertiary alicyclic amines) is 1. The molecule has 0 unspecified atom stereocenters. The standard InChI is InChI=1S/C15H23NO2/c17-14(13-4-10-18-11-5-13)16-9-8-15(12-16)6-2-1-3-7-15/h4H,1-3,5-12H2. The van der Waals surface area contributed by atoms with E-state index in [0.717, 1.165) is 25.1 Å². The Morgan fingerprint density at radius 1 is 1.22 bits per heavy atom. The van der Waals surface area contributed by atoms with Crippen molar-refractivity contribution in [2.24, 2.45) is 5.41 Å². The molecule has 3 heteroatoms. The minimum absolute atomic E-state index is 0.278. The van der Waals surface area contributed by atoms with E-state index in [0.29, 0.717) is 18.6 Å². The van der Waals surface area contributed by atoms with Crippen LogP contribution in [0.25, 0.3) is 0 Å². The molecule has 0 aromatic heterocycles. The third-order valence-electron chi connectivity index (χ3n) is 4.88. The Balaban J connectivity index is 1.64. The monoisotopic (exact) mass is 249 g/mol. The van der Waals surface area contributed by atoms with Gasteiger partial charge in [0.1, 0.15) is 0 Å². The summed E-state index contributed by atoms with van der Waals surface area (Å²) >= 11 is 0. The molecule has 2 aliphatic heterocycles. The lowest BCUT2D eigenvalue weighted by Crippen LogP contribution is -2.34. The molecule has 1 saturated carbocycles. The van der Waals surface area contributed by atoms with Gasteiger partial charge in [-0.05, 0) is 24.7 Å². The maximum absolute atomic E-state index is 12.4. The van der Waals surface area contributed by atoms with E-state index in [-0.39, 0.29) is 5.91 Å². The molecule has 1 saturated heterocycles. The molecule has 0 atom stereocenters. The van der Waals surface area contributed by atoms with Crippen molar-refractivity contribution >= 4 is 5.91 Å². The largest absolute Gasteiger partial charge is 0.377 e. The Labute approximate surface area is 109 Å².